The predicted molar refractivity (Wildman–Crippen MR) is 119 cm³/mol. The molecule has 3 rings (SSSR count). The van der Waals surface area contributed by atoms with E-state index in [1.54, 1.807) is 13.8 Å². The third-order valence-corrected chi connectivity index (χ3v) is 7.45. The molecule has 3 heterocycles. The molecular formula is C23H42O12. The third kappa shape index (κ3) is 5.84. The summed E-state index contributed by atoms with van der Waals surface area (Å²) >= 11 is 0. The lowest BCUT2D eigenvalue weighted by molar-refractivity contribution is -0.369. The zero-order valence-electron chi connectivity index (χ0n) is 20.7. The van der Waals surface area contributed by atoms with Crippen LogP contribution in [-0.2, 0) is 23.7 Å². The lowest BCUT2D eigenvalue weighted by Crippen LogP contribution is -2.65. The van der Waals surface area contributed by atoms with Crippen LogP contribution < -0.4 is 0 Å². The lowest BCUT2D eigenvalue weighted by atomic mass is 9.86. The second-order valence-corrected chi connectivity index (χ2v) is 9.71. The molecule has 7 unspecified atom stereocenters. The van der Waals surface area contributed by atoms with E-state index in [9.17, 15) is 35.7 Å². The lowest BCUT2D eigenvalue weighted by Gasteiger charge is -2.49. The van der Waals surface area contributed by atoms with Gasteiger partial charge in [0.2, 0.25) is 0 Å². The van der Waals surface area contributed by atoms with Crippen LogP contribution >= 0.6 is 0 Å². The monoisotopic (exact) mass is 510 g/mol. The SMILES string of the molecule is CCC1O[C@H](CO)C(O)[C@@H](O[C@H]2O[C@H](CC)[C@@H](O)C(O[C@H]3O[C@H](CC)[C@@H](O)C(O)C3O)C2O)C1C. The highest BCUT2D eigenvalue weighted by atomic mass is 16.7. The van der Waals surface area contributed by atoms with Gasteiger partial charge >= 0.3 is 0 Å². The van der Waals surface area contributed by atoms with Crippen molar-refractivity contribution in [1.29, 1.82) is 0 Å². The Bertz CT molecular complexity index is 636. The first kappa shape index (κ1) is 29.1. The molecule has 0 bridgehead atoms. The van der Waals surface area contributed by atoms with Crippen LogP contribution in [0.25, 0.3) is 0 Å². The Labute approximate surface area is 205 Å². The molecule has 7 N–H and O–H groups in total. The maximum absolute atomic E-state index is 11.1. The van der Waals surface area contributed by atoms with Crippen molar-refractivity contribution < 1.29 is 59.4 Å². The summed E-state index contributed by atoms with van der Waals surface area (Å²) in [5.74, 6) is -0.301. The first-order valence-corrected chi connectivity index (χ1v) is 12.6. The average Bonchev–Trinajstić information content (AvgIpc) is 2.85. The van der Waals surface area contributed by atoms with Crippen LogP contribution in [0.15, 0.2) is 0 Å². The summed E-state index contributed by atoms with van der Waals surface area (Å²) in [5, 5.41) is 73.0. The van der Waals surface area contributed by atoms with Gasteiger partial charge in [0.25, 0.3) is 0 Å². The number of hydrogen-bond acceptors (Lipinski definition) is 12. The van der Waals surface area contributed by atoms with Crippen LogP contribution in [0, 0.1) is 5.92 Å². The van der Waals surface area contributed by atoms with Crippen LogP contribution in [0.3, 0.4) is 0 Å². The summed E-state index contributed by atoms with van der Waals surface area (Å²) in [6.45, 7) is 6.82. The zero-order valence-corrected chi connectivity index (χ0v) is 20.7. The minimum absolute atomic E-state index is 0.300. The van der Waals surface area contributed by atoms with Crippen molar-refractivity contribution in [2.75, 3.05) is 6.61 Å². The molecule has 0 radical (unpaired) electrons. The topological polar surface area (TPSA) is 188 Å². The average molecular weight is 511 g/mol. The fraction of sp³-hybridized carbons (Fsp3) is 1.00. The van der Waals surface area contributed by atoms with Gasteiger partial charge in [0, 0.05) is 5.92 Å². The Balaban J connectivity index is 1.79. The summed E-state index contributed by atoms with van der Waals surface area (Å²) in [6, 6.07) is 0. The van der Waals surface area contributed by atoms with Crippen LogP contribution in [0.1, 0.15) is 47.0 Å². The minimum Gasteiger partial charge on any atom is -0.394 e. The Morgan fingerprint density at radius 1 is 0.543 bits per heavy atom. The second-order valence-electron chi connectivity index (χ2n) is 9.71. The number of hydrogen-bond donors (Lipinski definition) is 7. The van der Waals surface area contributed by atoms with E-state index in [0.717, 1.165) is 0 Å². The second kappa shape index (κ2) is 12.4. The van der Waals surface area contributed by atoms with E-state index in [1.165, 1.54) is 0 Å². The molecule has 3 fully saturated rings. The fourth-order valence-electron chi connectivity index (χ4n) is 5.18. The van der Waals surface area contributed by atoms with E-state index in [0.29, 0.717) is 19.3 Å². The van der Waals surface area contributed by atoms with Gasteiger partial charge in [0.1, 0.15) is 48.8 Å². The molecule has 0 amide bonds. The van der Waals surface area contributed by atoms with E-state index in [4.69, 9.17) is 23.7 Å². The van der Waals surface area contributed by atoms with E-state index >= 15 is 0 Å². The summed E-state index contributed by atoms with van der Waals surface area (Å²) in [5.41, 5.74) is 0. The molecule has 0 aromatic heterocycles. The van der Waals surface area contributed by atoms with Crippen LogP contribution in [0.4, 0.5) is 0 Å². The van der Waals surface area contributed by atoms with E-state index < -0.39 is 86.3 Å². The van der Waals surface area contributed by atoms with Crippen molar-refractivity contribution in [3.63, 3.8) is 0 Å². The molecule has 206 valence electrons. The Kier molecular flexibility index (Phi) is 10.3. The van der Waals surface area contributed by atoms with Gasteiger partial charge in [0.15, 0.2) is 12.6 Å². The van der Waals surface area contributed by atoms with E-state index in [2.05, 4.69) is 0 Å². The maximum atomic E-state index is 11.1. The zero-order chi connectivity index (χ0) is 26.0. The molecule has 15 atom stereocenters. The molecule has 0 saturated carbocycles. The van der Waals surface area contributed by atoms with Gasteiger partial charge in [-0.2, -0.15) is 0 Å². The molecule has 3 aliphatic heterocycles. The van der Waals surface area contributed by atoms with Crippen LogP contribution in [0.5, 0.6) is 0 Å². The molecule has 3 aliphatic rings. The molecule has 35 heavy (non-hydrogen) atoms. The van der Waals surface area contributed by atoms with Crippen molar-refractivity contribution in [1.82, 2.24) is 0 Å². The van der Waals surface area contributed by atoms with Crippen molar-refractivity contribution in [2.24, 2.45) is 5.92 Å². The molecule has 12 nitrogen and oxygen atoms in total. The number of ether oxygens (including phenoxy) is 5. The Morgan fingerprint density at radius 3 is 1.57 bits per heavy atom. The number of rotatable bonds is 8. The Morgan fingerprint density at radius 2 is 1.03 bits per heavy atom. The van der Waals surface area contributed by atoms with E-state index in [-0.39, 0.29) is 12.0 Å². The first-order chi connectivity index (χ1) is 16.6. The summed E-state index contributed by atoms with van der Waals surface area (Å²) in [7, 11) is 0. The van der Waals surface area contributed by atoms with Gasteiger partial charge in [0.05, 0.1) is 31.0 Å². The molecule has 0 spiro atoms. The van der Waals surface area contributed by atoms with Gasteiger partial charge in [-0.25, -0.2) is 0 Å². The van der Waals surface area contributed by atoms with Crippen LogP contribution in [0.2, 0.25) is 0 Å². The van der Waals surface area contributed by atoms with Crippen LogP contribution in [-0.4, -0.2) is 128 Å². The highest BCUT2D eigenvalue weighted by molar-refractivity contribution is 4.96. The molecule has 12 heteroatoms. The van der Waals surface area contributed by atoms with Gasteiger partial charge in [-0.05, 0) is 19.3 Å². The quantitative estimate of drug-likeness (QED) is 0.191. The van der Waals surface area contributed by atoms with Crippen molar-refractivity contribution in [3.05, 3.63) is 0 Å². The van der Waals surface area contributed by atoms with E-state index in [1.807, 2.05) is 13.8 Å². The Hall–Kier alpha value is -0.480. The normalized spacial score (nSPS) is 51.3. The predicted octanol–water partition coefficient (Wildman–Crippen LogP) is -2.00. The number of aliphatic hydroxyl groups is 7. The molecule has 0 aliphatic carbocycles. The van der Waals surface area contributed by atoms with Crippen molar-refractivity contribution >= 4 is 0 Å². The highest BCUT2D eigenvalue weighted by Crippen LogP contribution is 2.35. The summed E-state index contributed by atoms with van der Waals surface area (Å²) < 4.78 is 29.0. The molecule has 0 aromatic rings. The summed E-state index contributed by atoms with van der Waals surface area (Å²) in [4.78, 5) is 0. The largest absolute Gasteiger partial charge is 0.394 e. The minimum atomic E-state index is -1.62. The van der Waals surface area contributed by atoms with Gasteiger partial charge in [-0.15, -0.1) is 0 Å². The van der Waals surface area contributed by atoms with Crippen molar-refractivity contribution in [3.8, 4) is 0 Å². The van der Waals surface area contributed by atoms with Gasteiger partial charge in [-0.1, -0.05) is 27.7 Å². The summed E-state index contributed by atoms with van der Waals surface area (Å²) in [6.07, 6.45) is -15.0. The molecule has 3 saturated heterocycles. The van der Waals surface area contributed by atoms with Gasteiger partial charge < -0.3 is 59.4 Å². The maximum Gasteiger partial charge on any atom is 0.187 e. The molecule has 0 aromatic carbocycles. The van der Waals surface area contributed by atoms with Gasteiger partial charge in [-0.3, -0.25) is 0 Å². The standard InChI is InChI=1S/C23H42O12/c1-5-10-9(4)20(16(27)13(8-24)31-10)34-23-19(30)21(15(26)12(7-3)33-23)35-22-18(29)17(28)14(25)11(6-2)32-22/h9-30H,5-8H2,1-4H3/t9?,10?,11-,12-,13-,14-,15-,16?,17?,18?,19?,20+,21?,22-,23-/m1/s1. The highest BCUT2D eigenvalue weighted by Gasteiger charge is 2.52. The van der Waals surface area contributed by atoms with Crippen molar-refractivity contribution in [2.45, 2.75) is 133 Å². The molecular weight excluding hydrogens is 468 g/mol. The fourth-order valence-corrected chi connectivity index (χ4v) is 5.18. The first-order valence-electron chi connectivity index (χ1n) is 12.6. The smallest absolute Gasteiger partial charge is 0.187 e. The third-order valence-electron chi connectivity index (χ3n) is 7.45. The number of aliphatic hydroxyl groups excluding tert-OH is 7.